The van der Waals surface area contributed by atoms with Crippen molar-refractivity contribution in [3.05, 3.63) is 89.0 Å². The van der Waals surface area contributed by atoms with Crippen molar-refractivity contribution in [3.8, 4) is 0 Å². The Kier molecular flexibility index (Phi) is 5.65. The van der Waals surface area contributed by atoms with Crippen LogP contribution in [0.4, 0.5) is 20.2 Å². The van der Waals surface area contributed by atoms with Crippen LogP contribution in [0, 0.1) is 25.5 Å². The molecule has 3 aromatic carbocycles. The fourth-order valence-corrected chi connectivity index (χ4v) is 3.95. The maximum absolute atomic E-state index is 13.4. The van der Waals surface area contributed by atoms with E-state index in [1.54, 1.807) is 24.3 Å². The summed E-state index contributed by atoms with van der Waals surface area (Å²) in [4.78, 5) is 12.3. The Morgan fingerprint density at radius 3 is 2.17 bits per heavy atom. The van der Waals surface area contributed by atoms with E-state index in [9.17, 15) is 22.0 Å². The first-order valence-electron chi connectivity index (χ1n) is 8.62. The zero-order chi connectivity index (χ0) is 21.2. The molecule has 0 atom stereocenters. The van der Waals surface area contributed by atoms with Crippen LogP contribution in [0.1, 0.15) is 21.5 Å². The lowest BCUT2D eigenvalue weighted by atomic mass is 10.1. The van der Waals surface area contributed by atoms with Crippen LogP contribution in [0.25, 0.3) is 0 Å². The average Bonchev–Trinajstić information content (AvgIpc) is 2.63. The van der Waals surface area contributed by atoms with E-state index in [1.807, 2.05) is 19.9 Å². The molecule has 0 saturated heterocycles. The Balaban J connectivity index is 1.90. The summed E-state index contributed by atoms with van der Waals surface area (Å²) < 4.78 is 53.9. The first-order chi connectivity index (χ1) is 13.7. The third-order valence-electron chi connectivity index (χ3n) is 4.10. The first kappa shape index (κ1) is 20.5. The molecule has 0 aliphatic rings. The number of benzene rings is 3. The highest BCUT2D eigenvalue weighted by atomic mass is 32.2. The van der Waals surface area contributed by atoms with Gasteiger partial charge in [0.15, 0.2) is 11.6 Å². The minimum absolute atomic E-state index is 0.0131. The summed E-state index contributed by atoms with van der Waals surface area (Å²) in [5.74, 6) is -2.95. The van der Waals surface area contributed by atoms with Crippen LogP contribution in [-0.4, -0.2) is 14.3 Å². The molecule has 2 N–H and O–H groups in total. The van der Waals surface area contributed by atoms with Crippen molar-refractivity contribution in [1.29, 1.82) is 0 Å². The minimum Gasteiger partial charge on any atom is -0.322 e. The van der Waals surface area contributed by atoms with Gasteiger partial charge in [-0.05, 0) is 67.4 Å². The molecule has 0 bridgehead atoms. The molecular formula is C21H18F2N2O3S. The van der Waals surface area contributed by atoms with Crippen LogP contribution in [0.15, 0.2) is 65.6 Å². The van der Waals surface area contributed by atoms with Crippen molar-refractivity contribution in [2.75, 3.05) is 10.0 Å². The van der Waals surface area contributed by atoms with Gasteiger partial charge in [-0.1, -0.05) is 18.2 Å². The summed E-state index contributed by atoms with van der Waals surface area (Å²) in [6.07, 6.45) is 0. The van der Waals surface area contributed by atoms with E-state index < -0.39 is 32.5 Å². The van der Waals surface area contributed by atoms with E-state index in [1.165, 1.54) is 12.1 Å². The van der Waals surface area contributed by atoms with Gasteiger partial charge in [-0.2, -0.15) is 0 Å². The van der Waals surface area contributed by atoms with Crippen molar-refractivity contribution >= 4 is 27.3 Å². The first-order valence-corrected chi connectivity index (χ1v) is 10.1. The summed E-state index contributed by atoms with van der Waals surface area (Å²) in [5.41, 5.74) is 2.60. The normalized spacial score (nSPS) is 11.2. The maximum Gasteiger partial charge on any atom is 0.262 e. The SMILES string of the molecule is Cc1cc(C)cc(NC(=O)c2ccccc2NS(=O)(=O)c2ccc(F)c(F)c2)c1. The molecule has 0 unspecified atom stereocenters. The van der Waals surface area contributed by atoms with Crippen LogP contribution >= 0.6 is 0 Å². The van der Waals surface area contributed by atoms with Gasteiger partial charge in [0.2, 0.25) is 0 Å². The van der Waals surface area contributed by atoms with E-state index >= 15 is 0 Å². The van der Waals surface area contributed by atoms with Crippen molar-refractivity contribution in [2.45, 2.75) is 18.7 Å². The van der Waals surface area contributed by atoms with Crippen molar-refractivity contribution in [1.82, 2.24) is 0 Å². The van der Waals surface area contributed by atoms with Crippen molar-refractivity contribution < 1.29 is 22.0 Å². The monoisotopic (exact) mass is 416 g/mol. The Labute approximate surface area is 167 Å². The Bertz CT molecular complexity index is 1170. The van der Waals surface area contributed by atoms with Crippen LogP contribution in [-0.2, 0) is 10.0 Å². The molecule has 150 valence electrons. The van der Waals surface area contributed by atoms with E-state index in [-0.39, 0.29) is 11.3 Å². The molecule has 0 aliphatic carbocycles. The summed E-state index contributed by atoms with van der Waals surface area (Å²) in [6, 6.07) is 13.8. The van der Waals surface area contributed by atoms with E-state index in [0.717, 1.165) is 23.3 Å². The van der Waals surface area contributed by atoms with E-state index in [2.05, 4.69) is 10.0 Å². The number of carbonyl (C=O) groups is 1. The van der Waals surface area contributed by atoms with Gasteiger partial charge >= 0.3 is 0 Å². The average molecular weight is 416 g/mol. The molecule has 0 heterocycles. The zero-order valence-electron chi connectivity index (χ0n) is 15.7. The molecule has 0 spiro atoms. The number of sulfonamides is 1. The number of para-hydroxylation sites is 1. The summed E-state index contributed by atoms with van der Waals surface area (Å²) >= 11 is 0. The summed E-state index contributed by atoms with van der Waals surface area (Å²) in [7, 11) is -4.23. The second-order valence-corrected chi connectivity index (χ2v) is 8.24. The molecule has 29 heavy (non-hydrogen) atoms. The highest BCUT2D eigenvalue weighted by Crippen LogP contribution is 2.23. The number of aryl methyl sites for hydroxylation is 2. The molecule has 3 rings (SSSR count). The number of nitrogens with one attached hydrogen (secondary N) is 2. The van der Waals surface area contributed by atoms with E-state index in [4.69, 9.17) is 0 Å². The lowest BCUT2D eigenvalue weighted by molar-refractivity contribution is 0.102. The standard InChI is InChI=1S/C21H18F2N2O3S/c1-13-9-14(2)11-15(10-13)24-21(26)17-5-3-4-6-20(17)25-29(27,28)16-7-8-18(22)19(23)12-16/h3-12,25H,1-2H3,(H,24,26). The Hall–Kier alpha value is -3.26. The Morgan fingerprint density at radius 2 is 1.52 bits per heavy atom. The van der Waals surface area contributed by atoms with Gasteiger partial charge < -0.3 is 5.32 Å². The molecular weight excluding hydrogens is 398 g/mol. The molecule has 3 aromatic rings. The molecule has 0 saturated carbocycles. The molecule has 8 heteroatoms. The highest BCUT2D eigenvalue weighted by Gasteiger charge is 2.20. The van der Waals surface area contributed by atoms with Gasteiger partial charge in [0.05, 0.1) is 16.1 Å². The zero-order valence-corrected chi connectivity index (χ0v) is 16.5. The van der Waals surface area contributed by atoms with Crippen LogP contribution in [0.2, 0.25) is 0 Å². The number of hydrogen-bond donors (Lipinski definition) is 2. The van der Waals surface area contributed by atoms with Crippen LogP contribution < -0.4 is 10.0 Å². The van der Waals surface area contributed by atoms with Gasteiger partial charge in [-0.15, -0.1) is 0 Å². The van der Waals surface area contributed by atoms with Gasteiger partial charge in [-0.25, -0.2) is 17.2 Å². The predicted octanol–water partition coefficient (Wildman–Crippen LogP) is 4.63. The fraction of sp³-hybridized carbons (Fsp3) is 0.0952. The number of anilines is 2. The largest absolute Gasteiger partial charge is 0.322 e. The lowest BCUT2D eigenvalue weighted by Gasteiger charge is -2.13. The van der Waals surface area contributed by atoms with Crippen molar-refractivity contribution in [2.24, 2.45) is 0 Å². The molecule has 5 nitrogen and oxygen atoms in total. The summed E-state index contributed by atoms with van der Waals surface area (Å²) in [6.45, 7) is 3.79. The Morgan fingerprint density at radius 1 is 0.862 bits per heavy atom. The second-order valence-electron chi connectivity index (χ2n) is 6.56. The fourth-order valence-electron chi connectivity index (χ4n) is 2.86. The quantitative estimate of drug-likeness (QED) is 0.637. The third-order valence-corrected chi connectivity index (χ3v) is 5.46. The van der Waals surface area contributed by atoms with Gasteiger partial charge in [0, 0.05) is 5.69 Å². The van der Waals surface area contributed by atoms with Gasteiger partial charge in [-0.3, -0.25) is 9.52 Å². The van der Waals surface area contributed by atoms with Crippen LogP contribution in [0.3, 0.4) is 0 Å². The highest BCUT2D eigenvalue weighted by molar-refractivity contribution is 7.92. The van der Waals surface area contributed by atoms with Crippen molar-refractivity contribution in [3.63, 3.8) is 0 Å². The number of carbonyl (C=O) groups excluding carboxylic acids is 1. The smallest absolute Gasteiger partial charge is 0.262 e. The minimum atomic E-state index is -4.23. The molecule has 0 fully saturated rings. The molecule has 0 aliphatic heterocycles. The van der Waals surface area contributed by atoms with Gasteiger partial charge in [0.25, 0.3) is 15.9 Å². The summed E-state index contributed by atoms with van der Waals surface area (Å²) in [5, 5.41) is 2.74. The van der Waals surface area contributed by atoms with E-state index in [0.29, 0.717) is 11.8 Å². The third kappa shape index (κ3) is 4.78. The molecule has 1 amide bonds. The number of halogens is 2. The maximum atomic E-state index is 13.4. The topological polar surface area (TPSA) is 75.3 Å². The second kappa shape index (κ2) is 8.00. The van der Waals surface area contributed by atoms with Crippen LogP contribution in [0.5, 0.6) is 0 Å². The molecule has 0 aromatic heterocycles. The lowest BCUT2D eigenvalue weighted by Crippen LogP contribution is -2.19. The predicted molar refractivity (Wildman–Crippen MR) is 107 cm³/mol. The number of amides is 1. The number of rotatable bonds is 5. The molecule has 0 radical (unpaired) electrons. The number of hydrogen-bond acceptors (Lipinski definition) is 3. The van der Waals surface area contributed by atoms with Gasteiger partial charge in [0.1, 0.15) is 0 Å².